The maximum Gasteiger partial charge on any atom is 0.209 e. The lowest BCUT2D eigenvalue weighted by molar-refractivity contribution is -0.0511. The molecule has 0 spiro atoms. The molecular weight excluding hydrogens is 338 g/mol. The Labute approximate surface area is 149 Å². The largest absolute Gasteiger partial charge is 0.394 e. The van der Waals surface area contributed by atoms with Crippen molar-refractivity contribution in [3.8, 4) is 11.8 Å². The van der Waals surface area contributed by atoms with E-state index in [-0.39, 0.29) is 11.6 Å². The average molecular weight is 357 g/mol. The van der Waals surface area contributed by atoms with Crippen LogP contribution in [0, 0.1) is 11.8 Å². The first-order valence-corrected chi connectivity index (χ1v) is 8.42. The quantitative estimate of drug-likeness (QED) is 0.527. The van der Waals surface area contributed by atoms with Gasteiger partial charge in [0.2, 0.25) is 5.82 Å². The van der Waals surface area contributed by atoms with E-state index < -0.39 is 31.1 Å². The van der Waals surface area contributed by atoms with Crippen molar-refractivity contribution in [2.24, 2.45) is 0 Å². The summed E-state index contributed by atoms with van der Waals surface area (Å²) in [5, 5.41) is 29.4. The Morgan fingerprint density at radius 3 is 2.81 bits per heavy atom. The number of aromatic nitrogens is 4. The molecular formula is C17H19N5O4. The summed E-state index contributed by atoms with van der Waals surface area (Å²) >= 11 is 0. The van der Waals surface area contributed by atoms with E-state index in [9.17, 15) is 15.3 Å². The van der Waals surface area contributed by atoms with Gasteiger partial charge in [-0.25, -0.2) is 15.0 Å². The molecule has 4 atom stereocenters. The fraction of sp³-hybridized carbons (Fsp3) is 0.471. The first kappa shape index (κ1) is 16.9. The lowest BCUT2D eigenvalue weighted by Crippen LogP contribution is -2.33. The number of fused-ring (bicyclic) bond motifs is 1. The molecule has 0 aromatic carbocycles. The van der Waals surface area contributed by atoms with Gasteiger partial charge in [0.1, 0.15) is 23.8 Å². The van der Waals surface area contributed by atoms with Crippen LogP contribution in [-0.2, 0) is 4.74 Å². The maximum atomic E-state index is 10.2. The topological polar surface area (TPSA) is 140 Å². The molecule has 0 amide bonds. The minimum Gasteiger partial charge on any atom is -0.394 e. The summed E-state index contributed by atoms with van der Waals surface area (Å²) in [5.41, 5.74) is 7.73. The number of anilines is 1. The van der Waals surface area contributed by atoms with Crippen LogP contribution < -0.4 is 5.73 Å². The van der Waals surface area contributed by atoms with Gasteiger partial charge in [-0.2, -0.15) is 0 Å². The van der Waals surface area contributed by atoms with Gasteiger partial charge in [0, 0.05) is 0 Å². The lowest BCUT2D eigenvalue weighted by atomic mass is 10.1. The molecule has 1 saturated heterocycles. The van der Waals surface area contributed by atoms with Crippen molar-refractivity contribution in [3.05, 3.63) is 23.8 Å². The second-order valence-corrected chi connectivity index (χ2v) is 6.36. The van der Waals surface area contributed by atoms with Crippen molar-refractivity contribution in [3.63, 3.8) is 0 Å². The highest BCUT2D eigenvalue weighted by Gasteiger charge is 2.44. The summed E-state index contributed by atoms with van der Waals surface area (Å²) in [5.74, 6) is 6.38. The minimum absolute atomic E-state index is 0.171. The zero-order chi connectivity index (χ0) is 18.3. The van der Waals surface area contributed by atoms with Gasteiger partial charge in [-0.3, -0.25) is 4.57 Å². The van der Waals surface area contributed by atoms with Crippen LogP contribution in [-0.4, -0.2) is 59.8 Å². The van der Waals surface area contributed by atoms with E-state index in [0.717, 1.165) is 24.8 Å². The van der Waals surface area contributed by atoms with Crippen molar-refractivity contribution in [2.75, 3.05) is 12.3 Å². The van der Waals surface area contributed by atoms with Gasteiger partial charge in [0.05, 0.1) is 12.9 Å². The zero-order valence-electron chi connectivity index (χ0n) is 13.9. The number of rotatable bonds is 2. The minimum atomic E-state index is -1.24. The molecule has 1 aliphatic carbocycles. The summed E-state index contributed by atoms with van der Waals surface area (Å²) in [6, 6.07) is 0. The van der Waals surface area contributed by atoms with Crippen LogP contribution in [0.3, 0.4) is 0 Å². The number of aliphatic hydroxyl groups excluding tert-OH is 3. The molecule has 2 aromatic heterocycles. The van der Waals surface area contributed by atoms with Crippen LogP contribution in [0.1, 0.15) is 31.3 Å². The summed E-state index contributed by atoms with van der Waals surface area (Å²) in [6.45, 7) is -0.412. The third-order valence-corrected chi connectivity index (χ3v) is 4.62. The van der Waals surface area contributed by atoms with E-state index in [2.05, 4.69) is 32.9 Å². The van der Waals surface area contributed by atoms with Crippen molar-refractivity contribution in [2.45, 2.75) is 43.8 Å². The number of nitrogens with zero attached hydrogens (tertiary/aromatic N) is 4. The van der Waals surface area contributed by atoms with Crippen molar-refractivity contribution in [1.29, 1.82) is 0 Å². The molecule has 3 heterocycles. The molecule has 0 bridgehead atoms. The number of ether oxygens (including phenoxy) is 1. The fourth-order valence-corrected chi connectivity index (χ4v) is 3.21. The molecule has 9 heteroatoms. The predicted molar refractivity (Wildman–Crippen MR) is 91.6 cm³/mol. The Morgan fingerprint density at radius 1 is 1.27 bits per heavy atom. The first-order valence-electron chi connectivity index (χ1n) is 8.42. The van der Waals surface area contributed by atoms with Crippen molar-refractivity contribution < 1.29 is 20.1 Å². The van der Waals surface area contributed by atoms with E-state index in [4.69, 9.17) is 10.5 Å². The Morgan fingerprint density at radius 2 is 2.12 bits per heavy atom. The molecule has 2 aliphatic rings. The van der Waals surface area contributed by atoms with Gasteiger partial charge < -0.3 is 25.8 Å². The molecule has 0 unspecified atom stereocenters. The monoisotopic (exact) mass is 357 g/mol. The Balaban J connectivity index is 1.73. The van der Waals surface area contributed by atoms with Crippen LogP contribution in [0.5, 0.6) is 0 Å². The van der Waals surface area contributed by atoms with Crippen LogP contribution in [0.15, 0.2) is 18.0 Å². The third-order valence-electron chi connectivity index (χ3n) is 4.62. The summed E-state index contributed by atoms with van der Waals surface area (Å²) in [6.07, 6.45) is 2.30. The summed E-state index contributed by atoms with van der Waals surface area (Å²) in [7, 11) is 0. The number of nitrogens with two attached hydrogens (primary N) is 1. The van der Waals surface area contributed by atoms with E-state index in [0.29, 0.717) is 11.2 Å². The molecule has 136 valence electrons. The smallest absolute Gasteiger partial charge is 0.209 e. The van der Waals surface area contributed by atoms with Gasteiger partial charge in [0.15, 0.2) is 17.7 Å². The molecule has 26 heavy (non-hydrogen) atoms. The van der Waals surface area contributed by atoms with Gasteiger partial charge >= 0.3 is 0 Å². The van der Waals surface area contributed by atoms with Gasteiger partial charge in [-0.05, 0) is 30.8 Å². The zero-order valence-corrected chi connectivity index (χ0v) is 13.9. The molecule has 9 nitrogen and oxygen atoms in total. The molecule has 1 aliphatic heterocycles. The van der Waals surface area contributed by atoms with Crippen LogP contribution in [0.2, 0.25) is 0 Å². The standard InChI is InChI=1S/C17H19N5O4/c18-15-12-16(21-11(20-15)6-5-9-3-1-2-4-9)22(8-19-12)17-14(25)13(24)10(7-23)26-17/h3,8,10,13-14,17,23-25H,1-2,4,7H2,(H2,18,20,21)/t10-,13-,14-,17-/m1/s1. The number of allylic oxidation sites excluding steroid dienone is 2. The van der Waals surface area contributed by atoms with Gasteiger partial charge in [-0.15, -0.1) is 0 Å². The SMILES string of the molecule is Nc1nc(C#CC2=CCCC2)nc2c1ncn2[C@@H]1O[C@H](CO)[C@@H](O)[C@H]1O. The molecule has 0 radical (unpaired) electrons. The Hall–Kier alpha value is -2.51. The maximum absolute atomic E-state index is 10.2. The van der Waals surface area contributed by atoms with Crippen LogP contribution in [0.25, 0.3) is 11.2 Å². The second-order valence-electron chi connectivity index (χ2n) is 6.36. The van der Waals surface area contributed by atoms with Crippen LogP contribution >= 0.6 is 0 Å². The molecule has 2 aromatic rings. The number of hydrogen-bond acceptors (Lipinski definition) is 8. The third kappa shape index (κ3) is 2.83. The molecule has 1 fully saturated rings. The highest BCUT2D eigenvalue weighted by Crippen LogP contribution is 2.31. The van der Waals surface area contributed by atoms with E-state index in [1.165, 1.54) is 10.9 Å². The summed E-state index contributed by atoms with van der Waals surface area (Å²) in [4.78, 5) is 12.7. The first-order chi connectivity index (χ1) is 12.6. The van der Waals surface area contributed by atoms with Gasteiger partial charge in [-0.1, -0.05) is 12.0 Å². The molecule has 0 saturated carbocycles. The normalized spacial score (nSPS) is 28.2. The highest BCUT2D eigenvalue weighted by molar-refractivity contribution is 5.82. The average Bonchev–Trinajstić information content (AvgIpc) is 3.34. The highest BCUT2D eigenvalue weighted by atomic mass is 16.6. The number of imidazole rings is 1. The number of nitrogen functional groups attached to an aromatic ring is 1. The number of aliphatic hydroxyl groups is 3. The van der Waals surface area contributed by atoms with Crippen molar-refractivity contribution >= 4 is 17.0 Å². The van der Waals surface area contributed by atoms with E-state index >= 15 is 0 Å². The predicted octanol–water partition coefficient (Wildman–Crippen LogP) is -0.518. The van der Waals surface area contributed by atoms with E-state index in [1.54, 1.807) is 0 Å². The fourth-order valence-electron chi connectivity index (χ4n) is 3.21. The lowest BCUT2D eigenvalue weighted by Gasteiger charge is -2.16. The Kier molecular flexibility index (Phi) is 4.34. The number of hydrogen-bond donors (Lipinski definition) is 4. The van der Waals surface area contributed by atoms with Crippen molar-refractivity contribution in [1.82, 2.24) is 19.5 Å². The second kappa shape index (κ2) is 6.66. The summed E-state index contributed by atoms with van der Waals surface area (Å²) < 4.78 is 7.00. The Bertz CT molecular complexity index is 928. The van der Waals surface area contributed by atoms with Crippen LogP contribution in [0.4, 0.5) is 5.82 Å². The molecule has 4 rings (SSSR count). The van der Waals surface area contributed by atoms with E-state index in [1.807, 2.05) is 0 Å². The molecule has 5 N–H and O–H groups in total. The van der Waals surface area contributed by atoms with Gasteiger partial charge in [0.25, 0.3) is 0 Å².